The third-order valence-electron chi connectivity index (χ3n) is 2.33. The Balaban J connectivity index is 2.39. The molecule has 0 aliphatic rings. The van der Waals surface area contributed by atoms with Gasteiger partial charge < -0.3 is 9.84 Å². The van der Waals surface area contributed by atoms with Gasteiger partial charge in [0, 0.05) is 15.8 Å². The summed E-state index contributed by atoms with van der Waals surface area (Å²) in [5.74, 6) is -0.199. The van der Waals surface area contributed by atoms with E-state index in [2.05, 4.69) is 0 Å². The van der Waals surface area contributed by atoms with Gasteiger partial charge in [0.05, 0.1) is 12.4 Å². The lowest BCUT2D eigenvalue weighted by Gasteiger charge is -2.10. The van der Waals surface area contributed by atoms with E-state index in [9.17, 15) is 9.00 Å². The molecule has 0 heterocycles. The van der Waals surface area contributed by atoms with Gasteiger partial charge in [-0.05, 0) is 30.7 Å². The number of halogens is 1. The Hall–Kier alpha value is -1.07. The Bertz CT molecular complexity index is 419. The fourth-order valence-corrected chi connectivity index (χ4v) is 2.64. The molecule has 0 aliphatic carbocycles. The molecular weight excluding hydrogens is 276 g/mol. The van der Waals surface area contributed by atoms with E-state index in [-0.39, 0.29) is 12.4 Å². The summed E-state index contributed by atoms with van der Waals surface area (Å²) in [6.45, 7) is 1.93. The highest BCUT2D eigenvalue weighted by atomic mass is 35.5. The summed E-state index contributed by atoms with van der Waals surface area (Å²) in [4.78, 5) is 10.8. The smallest absolute Gasteiger partial charge is 0.319 e. The Labute approximate surface area is 113 Å². The molecule has 6 heteroatoms. The summed E-state index contributed by atoms with van der Waals surface area (Å²) in [7, 11) is -1.42. The number of carboxylic acid groups (broad SMARTS) is 1. The highest BCUT2D eigenvalue weighted by Gasteiger charge is 2.22. The average molecular weight is 291 g/mol. The molecule has 0 spiro atoms. The van der Waals surface area contributed by atoms with Crippen molar-refractivity contribution in [1.29, 1.82) is 0 Å². The zero-order valence-corrected chi connectivity index (χ0v) is 11.5. The summed E-state index contributed by atoms with van der Waals surface area (Å²) >= 11 is 5.72. The van der Waals surface area contributed by atoms with E-state index in [0.717, 1.165) is 0 Å². The van der Waals surface area contributed by atoms with Crippen LogP contribution in [0.1, 0.15) is 13.3 Å². The van der Waals surface area contributed by atoms with Crippen LogP contribution in [0.15, 0.2) is 24.3 Å². The maximum Gasteiger partial charge on any atom is 0.319 e. The van der Waals surface area contributed by atoms with Gasteiger partial charge in [0.1, 0.15) is 11.0 Å². The van der Waals surface area contributed by atoms with Gasteiger partial charge in [-0.25, -0.2) is 0 Å². The van der Waals surface area contributed by atoms with E-state index in [0.29, 0.717) is 17.2 Å². The summed E-state index contributed by atoms with van der Waals surface area (Å²) < 4.78 is 17.1. The summed E-state index contributed by atoms with van der Waals surface area (Å²) in [6.07, 6.45) is 0.350. The maximum atomic E-state index is 11.7. The van der Waals surface area contributed by atoms with E-state index >= 15 is 0 Å². The fraction of sp³-hybridized carbons (Fsp3) is 0.417. The van der Waals surface area contributed by atoms with Gasteiger partial charge in [-0.1, -0.05) is 18.5 Å². The number of hydrogen-bond acceptors (Lipinski definition) is 3. The fourth-order valence-electron chi connectivity index (χ4n) is 1.39. The van der Waals surface area contributed by atoms with Crippen LogP contribution in [0.3, 0.4) is 0 Å². The van der Waals surface area contributed by atoms with Gasteiger partial charge in [-0.2, -0.15) is 0 Å². The second-order valence-corrected chi connectivity index (χ2v) is 5.80. The molecule has 1 N–H and O–H groups in total. The zero-order chi connectivity index (χ0) is 13.5. The van der Waals surface area contributed by atoms with Crippen LogP contribution in [0.5, 0.6) is 5.75 Å². The first-order valence-electron chi connectivity index (χ1n) is 5.53. The van der Waals surface area contributed by atoms with Crippen molar-refractivity contribution in [3.63, 3.8) is 0 Å². The standard InChI is InChI=1S/C12H15ClO4S/c1-2-11(12(14)15)18(16)8-7-17-10-5-3-9(13)4-6-10/h3-6,11H,2,7-8H2,1H3,(H,14,15). The van der Waals surface area contributed by atoms with Gasteiger partial charge in [0.25, 0.3) is 0 Å². The normalized spacial score (nSPS) is 13.9. The molecule has 0 bridgehead atoms. The molecule has 0 saturated carbocycles. The predicted molar refractivity (Wildman–Crippen MR) is 71.7 cm³/mol. The van der Waals surface area contributed by atoms with Crippen molar-refractivity contribution in [3.8, 4) is 5.75 Å². The van der Waals surface area contributed by atoms with Crippen molar-refractivity contribution in [1.82, 2.24) is 0 Å². The van der Waals surface area contributed by atoms with E-state index in [4.69, 9.17) is 21.4 Å². The SMILES string of the molecule is CCC(C(=O)O)S(=O)CCOc1ccc(Cl)cc1. The van der Waals surface area contributed by atoms with E-state index in [1.165, 1.54) is 0 Å². The molecule has 0 radical (unpaired) electrons. The molecular formula is C12H15ClO4S. The van der Waals surface area contributed by atoms with Gasteiger partial charge in [-0.3, -0.25) is 9.00 Å². The van der Waals surface area contributed by atoms with Crippen LogP contribution < -0.4 is 4.74 Å². The second-order valence-electron chi connectivity index (χ2n) is 3.62. The number of rotatable bonds is 7. The molecule has 0 amide bonds. The topological polar surface area (TPSA) is 63.6 Å². The molecule has 0 saturated heterocycles. The molecule has 0 aliphatic heterocycles. The summed E-state index contributed by atoms with van der Waals surface area (Å²) in [6, 6.07) is 6.80. The monoisotopic (exact) mass is 290 g/mol. The predicted octanol–water partition coefficient (Wildman–Crippen LogP) is 2.33. The average Bonchev–Trinajstić information content (AvgIpc) is 2.32. The minimum Gasteiger partial charge on any atom is -0.493 e. The van der Waals surface area contributed by atoms with Gasteiger partial charge in [0.2, 0.25) is 0 Å². The largest absolute Gasteiger partial charge is 0.493 e. The number of carbonyl (C=O) groups is 1. The molecule has 1 aromatic carbocycles. The molecule has 100 valence electrons. The third kappa shape index (κ3) is 4.66. The van der Waals surface area contributed by atoms with Crippen molar-refractivity contribution >= 4 is 28.4 Å². The minimum atomic E-state index is -1.42. The summed E-state index contributed by atoms with van der Waals surface area (Å²) in [5.41, 5.74) is 0. The van der Waals surface area contributed by atoms with Crippen molar-refractivity contribution in [2.24, 2.45) is 0 Å². The number of aliphatic carboxylic acids is 1. The Kier molecular flexibility index (Phi) is 6.15. The van der Waals surface area contributed by atoms with Crippen LogP contribution in [0.4, 0.5) is 0 Å². The number of benzene rings is 1. The second kappa shape index (κ2) is 7.38. The quantitative estimate of drug-likeness (QED) is 0.837. The minimum absolute atomic E-state index is 0.202. The van der Waals surface area contributed by atoms with Crippen LogP contribution in [0, 0.1) is 0 Å². The van der Waals surface area contributed by atoms with Crippen LogP contribution in [-0.2, 0) is 15.6 Å². The number of hydrogen-bond donors (Lipinski definition) is 1. The van der Waals surface area contributed by atoms with Crippen molar-refractivity contribution in [3.05, 3.63) is 29.3 Å². The van der Waals surface area contributed by atoms with Gasteiger partial charge >= 0.3 is 5.97 Å². The number of ether oxygens (including phenoxy) is 1. The Morgan fingerprint density at radius 1 is 1.44 bits per heavy atom. The van der Waals surface area contributed by atoms with E-state index < -0.39 is 22.0 Å². The van der Waals surface area contributed by atoms with Gasteiger partial charge in [-0.15, -0.1) is 0 Å². The number of carboxylic acids is 1. The third-order valence-corrected chi connectivity index (χ3v) is 4.32. The lowest BCUT2D eigenvalue weighted by Crippen LogP contribution is -2.28. The van der Waals surface area contributed by atoms with Crippen LogP contribution >= 0.6 is 11.6 Å². The molecule has 4 nitrogen and oxygen atoms in total. The lowest BCUT2D eigenvalue weighted by molar-refractivity contribution is -0.136. The highest BCUT2D eigenvalue weighted by Crippen LogP contribution is 2.15. The van der Waals surface area contributed by atoms with E-state index in [1.54, 1.807) is 31.2 Å². The van der Waals surface area contributed by atoms with Crippen molar-refractivity contribution < 1.29 is 18.8 Å². The zero-order valence-electron chi connectivity index (χ0n) is 9.97. The summed E-state index contributed by atoms with van der Waals surface area (Å²) in [5, 5.41) is 8.64. The molecule has 1 aromatic rings. The van der Waals surface area contributed by atoms with Crippen LogP contribution in [0.2, 0.25) is 5.02 Å². The molecule has 0 aromatic heterocycles. The van der Waals surface area contributed by atoms with Crippen LogP contribution in [0.25, 0.3) is 0 Å². The first-order chi connectivity index (χ1) is 8.54. The van der Waals surface area contributed by atoms with Crippen molar-refractivity contribution in [2.45, 2.75) is 18.6 Å². The Morgan fingerprint density at radius 3 is 2.56 bits per heavy atom. The maximum absolute atomic E-state index is 11.7. The molecule has 0 fully saturated rings. The van der Waals surface area contributed by atoms with Crippen LogP contribution in [-0.4, -0.2) is 32.9 Å². The molecule has 2 atom stereocenters. The first-order valence-corrected chi connectivity index (χ1v) is 7.29. The first kappa shape index (κ1) is 15.0. The Morgan fingerprint density at radius 2 is 2.06 bits per heavy atom. The molecule has 18 heavy (non-hydrogen) atoms. The highest BCUT2D eigenvalue weighted by molar-refractivity contribution is 7.86. The van der Waals surface area contributed by atoms with Crippen molar-refractivity contribution in [2.75, 3.05) is 12.4 Å². The molecule has 2 unspecified atom stereocenters. The molecule has 1 rings (SSSR count). The lowest BCUT2D eigenvalue weighted by atomic mass is 10.3. The van der Waals surface area contributed by atoms with Gasteiger partial charge in [0.15, 0.2) is 0 Å². The van der Waals surface area contributed by atoms with E-state index in [1.807, 2.05) is 0 Å².